The van der Waals surface area contributed by atoms with Gasteiger partial charge in [-0.3, -0.25) is 0 Å². The van der Waals surface area contributed by atoms with E-state index in [-0.39, 0.29) is 6.17 Å². The Morgan fingerprint density at radius 2 is 1.62 bits per heavy atom. The molecule has 0 radical (unpaired) electrons. The maximum atomic E-state index is 3.19. The lowest BCUT2D eigenvalue weighted by Crippen LogP contribution is -2.28. The van der Waals surface area contributed by atoms with Crippen molar-refractivity contribution in [3.8, 4) is 0 Å². The Bertz CT molecular complexity index is 237. The Hall–Kier alpha value is -0.860. The number of benzene rings is 1. The zero-order chi connectivity index (χ0) is 9.68. The first-order chi connectivity index (χ1) is 6.31. The molecule has 0 heterocycles. The number of aryl methyl sites for hydroxylation is 1. The maximum absolute atomic E-state index is 3.19. The summed E-state index contributed by atoms with van der Waals surface area (Å²) < 4.78 is 0. The third-order valence-corrected chi connectivity index (χ3v) is 2.30. The van der Waals surface area contributed by atoms with E-state index < -0.39 is 0 Å². The Labute approximate surface area is 80.4 Å². The van der Waals surface area contributed by atoms with Crippen molar-refractivity contribution in [2.45, 2.75) is 19.5 Å². The highest BCUT2D eigenvalue weighted by molar-refractivity contribution is 5.24. The second-order valence-electron chi connectivity index (χ2n) is 3.11. The monoisotopic (exact) mass is 178 g/mol. The second-order valence-corrected chi connectivity index (χ2v) is 3.11. The molecular formula is C11H18N2. The molecule has 0 spiro atoms. The number of hydrogen-bond acceptors (Lipinski definition) is 2. The molecule has 0 saturated heterocycles. The summed E-state index contributed by atoms with van der Waals surface area (Å²) in [6.45, 7) is 2.17. The van der Waals surface area contributed by atoms with Gasteiger partial charge in [0.2, 0.25) is 0 Å². The average Bonchev–Trinajstić information content (AvgIpc) is 2.21. The first-order valence-corrected chi connectivity index (χ1v) is 4.75. The SMILES string of the molecule is CCc1ccc(C(NC)NC)cc1. The fraction of sp³-hybridized carbons (Fsp3) is 0.455. The fourth-order valence-corrected chi connectivity index (χ4v) is 1.42. The molecule has 0 bridgehead atoms. The minimum atomic E-state index is 0.255. The van der Waals surface area contributed by atoms with Crippen molar-refractivity contribution in [2.75, 3.05) is 14.1 Å². The van der Waals surface area contributed by atoms with Crippen LogP contribution in [-0.2, 0) is 6.42 Å². The lowest BCUT2D eigenvalue weighted by Gasteiger charge is -2.15. The Morgan fingerprint density at radius 3 is 2.00 bits per heavy atom. The molecule has 0 aliphatic heterocycles. The first-order valence-electron chi connectivity index (χ1n) is 4.75. The van der Waals surface area contributed by atoms with Crippen molar-refractivity contribution in [3.63, 3.8) is 0 Å². The van der Waals surface area contributed by atoms with Gasteiger partial charge in [0.15, 0.2) is 0 Å². The van der Waals surface area contributed by atoms with Crippen molar-refractivity contribution in [1.29, 1.82) is 0 Å². The topological polar surface area (TPSA) is 24.1 Å². The average molecular weight is 178 g/mol. The molecule has 0 saturated carbocycles. The molecule has 2 N–H and O–H groups in total. The van der Waals surface area contributed by atoms with Gasteiger partial charge < -0.3 is 10.6 Å². The van der Waals surface area contributed by atoms with Crippen molar-refractivity contribution in [1.82, 2.24) is 10.6 Å². The highest BCUT2D eigenvalue weighted by Crippen LogP contribution is 2.10. The molecule has 0 aliphatic carbocycles. The molecule has 0 aliphatic rings. The minimum absolute atomic E-state index is 0.255. The summed E-state index contributed by atoms with van der Waals surface area (Å²) in [5, 5.41) is 6.39. The summed E-state index contributed by atoms with van der Waals surface area (Å²) in [7, 11) is 3.91. The van der Waals surface area contributed by atoms with Gasteiger partial charge in [0.1, 0.15) is 0 Å². The van der Waals surface area contributed by atoms with E-state index >= 15 is 0 Å². The largest absolute Gasteiger partial charge is 0.301 e. The van der Waals surface area contributed by atoms with Crippen molar-refractivity contribution in [3.05, 3.63) is 35.4 Å². The van der Waals surface area contributed by atoms with E-state index in [4.69, 9.17) is 0 Å². The van der Waals surface area contributed by atoms with E-state index in [9.17, 15) is 0 Å². The lowest BCUT2D eigenvalue weighted by molar-refractivity contribution is 0.520. The zero-order valence-corrected chi connectivity index (χ0v) is 8.59. The molecule has 0 atom stereocenters. The van der Waals surface area contributed by atoms with Crippen LogP contribution in [-0.4, -0.2) is 14.1 Å². The smallest absolute Gasteiger partial charge is 0.0830 e. The van der Waals surface area contributed by atoms with Crippen molar-refractivity contribution < 1.29 is 0 Å². The summed E-state index contributed by atoms with van der Waals surface area (Å²) in [5.74, 6) is 0. The van der Waals surface area contributed by atoms with Crippen LogP contribution in [0.4, 0.5) is 0 Å². The summed E-state index contributed by atoms with van der Waals surface area (Å²) in [6.07, 6.45) is 1.36. The molecule has 2 heteroatoms. The highest BCUT2D eigenvalue weighted by atomic mass is 15.1. The number of rotatable bonds is 4. The van der Waals surface area contributed by atoms with Crippen LogP contribution in [0.15, 0.2) is 24.3 Å². The van der Waals surface area contributed by atoms with Crippen LogP contribution >= 0.6 is 0 Å². The van der Waals surface area contributed by atoms with E-state index in [1.54, 1.807) is 0 Å². The van der Waals surface area contributed by atoms with E-state index in [0.29, 0.717) is 0 Å². The van der Waals surface area contributed by atoms with Gasteiger partial charge in [-0.1, -0.05) is 31.2 Å². The molecule has 0 aromatic heterocycles. The van der Waals surface area contributed by atoms with Crippen LogP contribution in [0.5, 0.6) is 0 Å². The van der Waals surface area contributed by atoms with Crippen LogP contribution in [0.25, 0.3) is 0 Å². The summed E-state index contributed by atoms with van der Waals surface area (Å²) in [5.41, 5.74) is 2.66. The molecule has 0 unspecified atom stereocenters. The molecule has 2 nitrogen and oxygen atoms in total. The quantitative estimate of drug-likeness (QED) is 0.686. The Balaban J connectivity index is 2.78. The third-order valence-electron chi connectivity index (χ3n) is 2.30. The van der Waals surface area contributed by atoms with Gasteiger partial charge in [0.25, 0.3) is 0 Å². The van der Waals surface area contributed by atoms with Crippen LogP contribution in [0.2, 0.25) is 0 Å². The standard InChI is InChI=1S/C11H18N2/c1-4-9-5-7-10(8-6-9)11(12-2)13-3/h5-8,11-13H,4H2,1-3H3. The van der Waals surface area contributed by atoms with Crippen molar-refractivity contribution >= 4 is 0 Å². The third kappa shape index (κ3) is 2.54. The van der Waals surface area contributed by atoms with E-state index in [1.807, 2.05) is 14.1 Å². The molecule has 1 aromatic rings. The fourth-order valence-electron chi connectivity index (χ4n) is 1.42. The molecule has 13 heavy (non-hydrogen) atoms. The normalized spacial score (nSPS) is 10.8. The Kier molecular flexibility index (Phi) is 3.93. The van der Waals surface area contributed by atoms with Gasteiger partial charge in [-0.25, -0.2) is 0 Å². The second kappa shape index (κ2) is 5.00. The number of hydrogen-bond donors (Lipinski definition) is 2. The summed E-state index contributed by atoms with van der Waals surface area (Å²) >= 11 is 0. The van der Waals surface area contributed by atoms with E-state index in [0.717, 1.165) is 6.42 Å². The van der Waals surface area contributed by atoms with E-state index in [1.165, 1.54) is 11.1 Å². The highest BCUT2D eigenvalue weighted by Gasteiger charge is 2.04. The van der Waals surface area contributed by atoms with Gasteiger partial charge >= 0.3 is 0 Å². The molecule has 1 aromatic carbocycles. The van der Waals surface area contributed by atoms with Crippen LogP contribution in [0, 0.1) is 0 Å². The number of nitrogens with one attached hydrogen (secondary N) is 2. The summed E-state index contributed by atoms with van der Waals surface area (Å²) in [6, 6.07) is 8.68. The van der Waals surface area contributed by atoms with Crippen LogP contribution in [0.3, 0.4) is 0 Å². The Morgan fingerprint density at radius 1 is 1.08 bits per heavy atom. The predicted octanol–water partition coefficient (Wildman–Crippen LogP) is 1.69. The zero-order valence-electron chi connectivity index (χ0n) is 8.59. The van der Waals surface area contributed by atoms with Crippen LogP contribution in [0.1, 0.15) is 24.2 Å². The summed E-state index contributed by atoms with van der Waals surface area (Å²) in [4.78, 5) is 0. The van der Waals surface area contributed by atoms with Gasteiger partial charge in [0, 0.05) is 0 Å². The molecular weight excluding hydrogens is 160 g/mol. The predicted molar refractivity (Wildman–Crippen MR) is 56.7 cm³/mol. The lowest BCUT2D eigenvalue weighted by atomic mass is 10.1. The first kappa shape index (κ1) is 10.2. The maximum Gasteiger partial charge on any atom is 0.0830 e. The van der Waals surface area contributed by atoms with Crippen LogP contribution < -0.4 is 10.6 Å². The van der Waals surface area contributed by atoms with Gasteiger partial charge in [-0.15, -0.1) is 0 Å². The van der Waals surface area contributed by atoms with E-state index in [2.05, 4.69) is 41.8 Å². The molecule has 1 rings (SSSR count). The van der Waals surface area contributed by atoms with Gasteiger partial charge in [-0.05, 0) is 31.6 Å². The minimum Gasteiger partial charge on any atom is -0.301 e. The van der Waals surface area contributed by atoms with Crippen molar-refractivity contribution in [2.24, 2.45) is 0 Å². The molecule has 0 amide bonds. The van der Waals surface area contributed by atoms with Gasteiger partial charge in [0.05, 0.1) is 6.17 Å². The molecule has 72 valence electrons. The van der Waals surface area contributed by atoms with Gasteiger partial charge in [-0.2, -0.15) is 0 Å². The molecule has 0 fully saturated rings.